The lowest BCUT2D eigenvalue weighted by Gasteiger charge is -2.07. The standard InChI is InChI=1S/C23H19NO3S/c24-21(15-16-27-23(26)18-7-3-1-4-8-18)22(25)17-11-13-20(14-12-17)28-19-9-5-2-6-10-19/h1-14,24H,15-16H2. The van der Waals surface area contributed by atoms with Crippen LogP contribution < -0.4 is 0 Å². The molecule has 0 aliphatic carbocycles. The van der Waals surface area contributed by atoms with Crippen LogP contribution in [0, 0.1) is 5.41 Å². The van der Waals surface area contributed by atoms with E-state index in [9.17, 15) is 9.59 Å². The van der Waals surface area contributed by atoms with E-state index in [0.717, 1.165) is 9.79 Å². The van der Waals surface area contributed by atoms with Gasteiger partial charge < -0.3 is 10.1 Å². The Morgan fingerprint density at radius 3 is 1.96 bits per heavy atom. The maximum atomic E-state index is 12.4. The number of rotatable bonds is 8. The number of nitrogens with one attached hydrogen (secondary N) is 1. The number of ether oxygens (including phenoxy) is 1. The SMILES string of the molecule is N=C(CCOC(=O)c1ccccc1)C(=O)c1ccc(Sc2ccccc2)cc1. The average Bonchev–Trinajstić information content (AvgIpc) is 2.75. The summed E-state index contributed by atoms with van der Waals surface area (Å²) in [7, 11) is 0. The Bertz CT molecular complexity index is 954. The van der Waals surface area contributed by atoms with E-state index in [1.54, 1.807) is 48.2 Å². The smallest absolute Gasteiger partial charge is 0.338 e. The van der Waals surface area contributed by atoms with Gasteiger partial charge in [0, 0.05) is 21.8 Å². The fourth-order valence-corrected chi connectivity index (χ4v) is 3.33. The number of hydrogen-bond donors (Lipinski definition) is 1. The molecule has 0 saturated carbocycles. The van der Waals surface area contributed by atoms with Gasteiger partial charge in [0.2, 0.25) is 5.78 Å². The van der Waals surface area contributed by atoms with Crippen LogP contribution in [0.4, 0.5) is 0 Å². The summed E-state index contributed by atoms with van der Waals surface area (Å²) >= 11 is 1.61. The van der Waals surface area contributed by atoms with Gasteiger partial charge in [-0.05, 0) is 48.5 Å². The Morgan fingerprint density at radius 1 is 0.750 bits per heavy atom. The Morgan fingerprint density at radius 2 is 1.32 bits per heavy atom. The number of carbonyl (C=O) groups is 2. The molecule has 0 fully saturated rings. The van der Waals surface area contributed by atoms with Crippen molar-refractivity contribution in [1.82, 2.24) is 0 Å². The van der Waals surface area contributed by atoms with Gasteiger partial charge >= 0.3 is 5.97 Å². The number of benzene rings is 3. The van der Waals surface area contributed by atoms with Crippen LogP contribution in [0.15, 0.2) is 94.7 Å². The lowest BCUT2D eigenvalue weighted by Crippen LogP contribution is -2.17. The van der Waals surface area contributed by atoms with Gasteiger partial charge in [0.15, 0.2) is 0 Å². The molecule has 0 radical (unpaired) electrons. The van der Waals surface area contributed by atoms with Crippen molar-refractivity contribution in [3.8, 4) is 0 Å². The molecule has 0 amide bonds. The van der Waals surface area contributed by atoms with E-state index >= 15 is 0 Å². The molecule has 5 heteroatoms. The zero-order chi connectivity index (χ0) is 19.8. The van der Waals surface area contributed by atoms with Crippen molar-refractivity contribution in [2.75, 3.05) is 6.61 Å². The fourth-order valence-electron chi connectivity index (χ4n) is 2.49. The lowest BCUT2D eigenvalue weighted by molar-refractivity contribution is 0.0514. The van der Waals surface area contributed by atoms with Gasteiger partial charge in [-0.15, -0.1) is 0 Å². The minimum Gasteiger partial charge on any atom is -0.462 e. The highest BCUT2D eigenvalue weighted by atomic mass is 32.2. The fraction of sp³-hybridized carbons (Fsp3) is 0.0870. The molecule has 0 heterocycles. The quantitative estimate of drug-likeness (QED) is 0.323. The van der Waals surface area contributed by atoms with Crippen LogP contribution in [0.2, 0.25) is 0 Å². The molecule has 0 aromatic heterocycles. The number of carbonyl (C=O) groups excluding carboxylic acids is 2. The van der Waals surface area contributed by atoms with Gasteiger partial charge in [-0.1, -0.05) is 48.2 Å². The van der Waals surface area contributed by atoms with Crippen LogP contribution in [0.1, 0.15) is 27.1 Å². The van der Waals surface area contributed by atoms with Gasteiger partial charge in [0.05, 0.1) is 17.9 Å². The van der Waals surface area contributed by atoms with Crippen molar-refractivity contribution in [3.63, 3.8) is 0 Å². The van der Waals surface area contributed by atoms with Crippen molar-refractivity contribution in [2.45, 2.75) is 16.2 Å². The second-order valence-corrected chi connectivity index (χ2v) is 7.15. The molecule has 0 saturated heterocycles. The van der Waals surface area contributed by atoms with Crippen LogP contribution >= 0.6 is 11.8 Å². The molecule has 140 valence electrons. The van der Waals surface area contributed by atoms with Gasteiger partial charge in [-0.25, -0.2) is 4.79 Å². The van der Waals surface area contributed by atoms with Crippen molar-refractivity contribution >= 4 is 29.2 Å². The molecule has 3 rings (SSSR count). The molecule has 1 N–H and O–H groups in total. The molecule has 0 aliphatic rings. The van der Waals surface area contributed by atoms with Crippen molar-refractivity contribution in [2.24, 2.45) is 0 Å². The first-order chi connectivity index (χ1) is 13.6. The maximum Gasteiger partial charge on any atom is 0.338 e. The second kappa shape index (κ2) is 9.67. The van der Waals surface area contributed by atoms with Gasteiger partial charge in [-0.2, -0.15) is 0 Å². The average molecular weight is 389 g/mol. The number of Topliss-reactive ketones (excluding diaryl/α,β-unsaturated/α-hetero) is 1. The molecule has 0 unspecified atom stereocenters. The molecule has 0 aliphatic heterocycles. The summed E-state index contributed by atoms with van der Waals surface area (Å²) < 4.78 is 5.13. The van der Waals surface area contributed by atoms with E-state index in [1.807, 2.05) is 48.5 Å². The van der Waals surface area contributed by atoms with Crippen LogP contribution in [0.5, 0.6) is 0 Å². The number of hydrogen-bond acceptors (Lipinski definition) is 5. The van der Waals surface area contributed by atoms with E-state index in [-0.39, 0.29) is 24.5 Å². The first-order valence-electron chi connectivity index (χ1n) is 8.81. The third kappa shape index (κ3) is 5.41. The van der Waals surface area contributed by atoms with Crippen molar-refractivity contribution < 1.29 is 14.3 Å². The van der Waals surface area contributed by atoms with E-state index in [1.165, 1.54) is 0 Å². The summed E-state index contributed by atoms with van der Waals surface area (Å²) in [6.07, 6.45) is 0.0813. The third-order valence-electron chi connectivity index (χ3n) is 3.96. The Labute approximate surface area is 168 Å². The maximum absolute atomic E-state index is 12.4. The molecule has 4 nitrogen and oxygen atoms in total. The van der Waals surface area contributed by atoms with E-state index < -0.39 is 5.97 Å². The van der Waals surface area contributed by atoms with Crippen LogP contribution in [0.3, 0.4) is 0 Å². The zero-order valence-corrected chi connectivity index (χ0v) is 15.9. The van der Waals surface area contributed by atoms with Gasteiger partial charge in [-0.3, -0.25) is 4.79 Å². The van der Waals surface area contributed by atoms with Gasteiger partial charge in [0.1, 0.15) is 0 Å². The normalized spacial score (nSPS) is 10.3. The van der Waals surface area contributed by atoms with Crippen molar-refractivity contribution in [1.29, 1.82) is 5.41 Å². The summed E-state index contributed by atoms with van der Waals surface area (Å²) in [5, 5.41) is 7.97. The van der Waals surface area contributed by atoms with Crippen LogP contribution in [-0.2, 0) is 4.74 Å². The predicted octanol–water partition coefficient (Wildman–Crippen LogP) is 5.29. The summed E-state index contributed by atoms with van der Waals surface area (Å²) in [6, 6.07) is 25.8. The monoisotopic (exact) mass is 389 g/mol. The first-order valence-corrected chi connectivity index (χ1v) is 9.62. The Hall–Kier alpha value is -3.18. The first kappa shape index (κ1) is 19.6. The highest BCUT2D eigenvalue weighted by Gasteiger charge is 2.14. The minimum absolute atomic E-state index is 0.000242. The Balaban J connectivity index is 1.50. The summed E-state index contributed by atoms with van der Waals surface area (Å²) in [5.74, 6) is -0.810. The summed E-state index contributed by atoms with van der Waals surface area (Å²) in [5.41, 5.74) is 0.827. The Kier molecular flexibility index (Phi) is 6.76. The molecule has 0 spiro atoms. The molecular weight excluding hydrogens is 370 g/mol. The van der Waals surface area contributed by atoms with Crippen LogP contribution in [0.25, 0.3) is 0 Å². The third-order valence-corrected chi connectivity index (χ3v) is 4.98. The number of esters is 1. The zero-order valence-electron chi connectivity index (χ0n) is 15.1. The molecule has 3 aromatic rings. The topological polar surface area (TPSA) is 67.2 Å². The predicted molar refractivity (Wildman–Crippen MR) is 110 cm³/mol. The molecule has 0 bridgehead atoms. The van der Waals surface area contributed by atoms with Gasteiger partial charge in [0.25, 0.3) is 0 Å². The number of ketones is 1. The summed E-state index contributed by atoms with van der Waals surface area (Å²) in [4.78, 5) is 26.4. The van der Waals surface area contributed by atoms with Crippen LogP contribution in [-0.4, -0.2) is 24.1 Å². The molecule has 3 aromatic carbocycles. The minimum atomic E-state index is -0.455. The van der Waals surface area contributed by atoms with E-state index in [4.69, 9.17) is 10.1 Å². The lowest BCUT2D eigenvalue weighted by atomic mass is 10.1. The van der Waals surface area contributed by atoms with Crippen molar-refractivity contribution in [3.05, 3.63) is 96.1 Å². The van der Waals surface area contributed by atoms with E-state index in [2.05, 4.69) is 0 Å². The van der Waals surface area contributed by atoms with E-state index in [0.29, 0.717) is 11.1 Å². The highest BCUT2D eigenvalue weighted by Crippen LogP contribution is 2.27. The second-order valence-electron chi connectivity index (χ2n) is 6.00. The largest absolute Gasteiger partial charge is 0.462 e. The molecule has 0 atom stereocenters. The molecule has 28 heavy (non-hydrogen) atoms. The highest BCUT2D eigenvalue weighted by molar-refractivity contribution is 7.99. The summed E-state index contributed by atoms with van der Waals surface area (Å²) in [6.45, 7) is 0.000242. The molecular formula is C23H19NO3S.